The quantitative estimate of drug-likeness (QED) is 0.785. The number of nitrogens with zero attached hydrogens (tertiary/aromatic N) is 3. The van der Waals surface area contributed by atoms with Crippen molar-refractivity contribution in [1.82, 2.24) is 15.0 Å². The van der Waals surface area contributed by atoms with E-state index < -0.39 is 13.0 Å². The number of rotatable bonds is 5. The smallest absolute Gasteiger partial charge is 0.396 e. The first-order chi connectivity index (χ1) is 7.01. The van der Waals surface area contributed by atoms with E-state index in [2.05, 4.69) is 15.0 Å². The minimum absolute atomic E-state index is 0.0298. The van der Waals surface area contributed by atoms with Crippen LogP contribution in [-0.2, 0) is 17.7 Å². The Morgan fingerprint density at radius 2 is 2.20 bits per heavy atom. The number of ether oxygens (including phenoxy) is 1. The summed E-state index contributed by atoms with van der Waals surface area (Å²) in [5.41, 5.74) is 0.532. The maximum Gasteiger partial charge on any atom is 0.522 e. The lowest BCUT2D eigenvalue weighted by Crippen LogP contribution is -2.17. The number of hydrogen-bond acceptors (Lipinski definition) is 4. The second-order valence-corrected chi connectivity index (χ2v) is 2.74. The number of aliphatic hydroxyl groups excluding tert-OH is 1. The standard InChI is InChI=1S/C7H10F3N3O2/c8-7(9,10)15-4-2-13-5-6(1-3-14)11-12-13/h5,14H,1-4H2. The Hall–Kier alpha value is -1.15. The van der Waals surface area contributed by atoms with Gasteiger partial charge in [0.15, 0.2) is 0 Å². The van der Waals surface area contributed by atoms with Crippen molar-refractivity contribution in [1.29, 1.82) is 0 Å². The van der Waals surface area contributed by atoms with Gasteiger partial charge in [0.25, 0.3) is 0 Å². The molecule has 0 saturated heterocycles. The fourth-order valence-electron chi connectivity index (χ4n) is 0.932. The summed E-state index contributed by atoms with van der Waals surface area (Å²) in [6.07, 6.45) is -2.81. The molecule has 0 saturated carbocycles. The molecule has 0 radical (unpaired) electrons. The zero-order chi connectivity index (χ0) is 11.3. The molecule has 1 heterocycles. The predicted molar refractivity (Wildman–Crippen MR) is 42.8 cm³/mol. The number of aliphatic hydroxyl groups is 1. The van der Waals surface area contributed by atoms with Gasteiger partial charge in [-0.05, 0) is 0 Å². The molecule has 0 aliphatic heterocycles. The Bertz CT molecular complexity index is 300. The Labute approximate surface area is 83.5 Å². The van der Waals surface area contributed by atoms with Crippen LogP contribution in [-0.4, -0.2) is 39.7 Å². The molecule has 0 spiro atoms. The van der Waals surface area contributed by atoms with Gasteiger partial charge in [0.2, 0.25) is 0 Å². The topological polar surface area (TPSA) is 60.2 Å². The van der Waals surface area contributed by atoms with Gasteiger partial charge in [-0.1, -0.05) is 5.21 Å². The van der Waals surface area contributed by atoms with Crippen molar-refractivity contribution in [3.63, 3.8) is 0 Å². The fraction of sp³-hybridized carbons (Fsp3) is 0.714. The summed E-state index contributed by atoms with van der Waals surface area (Å²) < 4.78 is 39.5. The predicted octanol–water partition coefficient (Wildman–Crippen LogP) is 0.349. The minimum Gasteiger partial charge on any atom is -0.396 e. The Kier molecular flexibility index (Phi) is 4.04. The molecule has 0 unspecified atom stereocenters. The van der Waals surface area contributed by atoms with E-state index in [0.717, 1.165) is 0 Å². The van der Waals surface area contributed by atoms with Crippen LogP contribution >= 0.6 is 0 Å². The fourth-order valence-corrected chi connectivity index (χ4v) is 0.932. The first-order valence-electron chi connectivity index (χ1n) is 4.22. The number of halogens is 3. The van der Waals surface area contributed by atoms with Gasteiger partial charge in [0.1, 0.15) is 0 Å². The second-order valence-electron chi connectivity index (χ2n) is 2.74. The molecule has 1 aromatic rings. The van der Waals surface area contributed by atoms with Gasteiger partial charge in [-0.2, -0.15) is 0 Å². The van der Waals surface area contributed by atoms with Crippen LogP contribution in [0.25, 0.3) is 0 Å². The van der Waals surface area contributed by atoms with Crippen molar-refractivity contribution in [3.05, 3.63) is 11.9 Å². The zero-order valence-electron chi connectivity index (χ0n) is 7.74. The molecule has 1 N–H and O–H groups in total. The summed E-state index contributed by atoms with van der Waals surface area (Å²) in [5.74, 6) is 0. The first kappa shape index (κ1) is 11.9. The van der Waals surface area contributed by atoms with Crippen LogP contribution in [0.4, 0.5) is 13.2 Å². The molecule has 0 aromatic carbocycles. The monoisotopic (exact) mass is 225 g/mol. The highest BCUT2D eigenvalue weighted by Crippen LogP contribution is 2.15. The number of hydrogen-bond donors (Lipinski definition) is 1. The van der Waals surface area contributed by atoms with Crippen molar-refractivity contribution in [2.45, 2.75) is 19.3 Å². The highest BCUT2D eigenvalue weighted by molar-refractivity contribution is 4.91. The van der Waals surface area contributed by atoms with E-state index >= 15 is 0 Å². The highest BCUT2D eigenvalue weighted by Gasteiger charge is 2.28. The molecule has 0 fully saturated rings. The molecular weight excluding hydrogens is 215 g/mol. The maximum absolute atomic E-state index is 11.6. The molecule has 0 amide bonds. The van der Waals surface area contributed by atoms with Gasteiger partial charge in [-0.25, -0.2) is 4.68 Å². The van der Waals surface area contributed by atoms with Gasteiger partial charge < -0.3 is 5.11 Å². The van der Waals surface area contributed by atoms with Crippen LogP contribution in [0.2, 0.25) is 0 Å². The van der Waals surface area contributed by atoms with Gasteiger partial charge in [-0.15, -0.1) is 18.3 Å². The molecule has 0 atom stereocenters. The summed E-state index contributed by atoms with van der Waals surface area (Å²) in [7, 11) is 0. The van der Waals surface area contributed by atoms with Crippen molar-refractivity contribution in [2.24, 2.45) is 0 Å². The normalized spacial score (nSPS) is 12.0. The molecule has 86 valence electrons. The van der Waals surface area contributed by atoms with Gasteiger partial charge in [0, 0.05) is 19.2 Å². The summed E-state index contributed by atoms with van der Waals surface area (Å²) >= 11 is 0. The van der Waals surface area contributed by atoms with Crippen molar-refractivity contribution < 1.29 is 23.0 Å². The van der Waals surface area contributed by atoms with Gasteiger partial charge >= 0.3 is 6.36 Å². The molecule has 1 aromatic heterocycles. The van der Waals surface area contributed by atoms with E-state index in [1.807, 2.05) is 0 Å². The zero-order valence-corrected chi connectivity index (χ0v) is 7.74. The van der Waals surface area contributed by atoms with Crippen LogP contribution in [0.3, 0.4) is 0 Å². The first-order valence-corrected chi connectivity index (χ1v) is 4.22. The van der Waals surface area contributed by atoms with E-state index in [0.29, 0.717) is 12.1 Å². The molecular formula is C7H10F3N3O2. The average molecular weight is 225 g/mol. The Morgan fingerprint density at radius 1 is 1.47 bits per heavy atom. The largest absolute Gasteiger partial charge is 0.522 e. The highest BCUT2D eigenvalue weighted by atomic mass is 19.4. The summed E-state index contributed by atoms with van der Waals surface area (Å²) in [4.78, 5) is 0. The van der Waals surface area contributed by atoms with Crippen LogP contribution < -0.4 is 0 Å². The molecule has 0 aliphatic carbocycles. The van der Waals surface area contributed by atoms with E-state index in [-0.39, 0.29) is 13.2 Å². The molecule has 5 nitrogen and oxygen atoms in total. The van der Waals surface area contributed by atoms with E-state index in [1.54, 1.807) is 0 Å². The lowest BCUT2D eigenvalue weighted by Gasteiger charge is -2.06. The van der Waals surface area contributed by atoms with Crippen molar-refractivity contribution in [3.8, 4) is 0 Å². The summed E-state index contributed by atoms with van der Waals surface area (Å²) in [6.45, 7) is -0.610. The third-order valence-corrected chi connectivity index (χ3v) is 1.54. The summed E-state index contributed by atoms with van der Waals surface area (Å²) in [6, 6.07) is 0. The molecule has 1 rings (SSSR count). The molecule has 0 bridgehead atoms. The lowest BCUT2D eigenvalue weighted by molar-refractivity contribution is -0.325. The maximum atomic E-state index is 11.6. The van der Waals surface area contributed by atoms with Crippen LogP contribution in [0.1, 0.15) is 5.69 Å². The van der Waals surface area contributed by atoms with Gasteiger partial charge in [-0.3, -0.25) is 4.74 Å². The van der Waals surface area contributed by atoms with Crippen molar-refractivity contribution >= 4 is 0 Å². The van der Waals surface area contributed by atoms with Crippen molar-refractivity contribution in [2.75, 3.05) is 13.2 Å². The van der Waals surface area contributed by atoms with Crippen LogP contribution in [0.5, 0.6) is 0 Å². The number of aromatic nitrogens is 3. The molecule has 15 heavy (non-hydrogen) atoms. The Morgan fingerprint density at radius 3 is 2.80 bits per heavy atom. The summed E-state index contributed by atoms with van der Waals surface area (Å²) in [5, 5.41) is 15.8. The third-order valence-electron chi connectivity index (χ3n) is 1.54. The minimum atomic E-state index is -4.62. The average Bonchev–Trinajstić information content (AvgIpc) is 2.51. The Balaban J connectivity index is 2.31. The molecule has 8 heteroatoms. The second kappa shape index (κ2) is 5.08. The van der Waals surface area contributed by atoms with Crippen LogP contribution in [0.15, 0.2) is 6.20 Å². The third kappa shape index (κ3) is 4.75. The SMILES string of the molecule is OCCc1cn(CCOC(F)(F)F)nn1. The molecule has 0 aliphatic rings. The van der Waals surface area contributed by atoms with E-state index in [4.69, 9.17) is 5.11 Å². The van der Waals surface area contributed by atoms with Gasteiger partial charge in [0.05, 0.1) is 18.8 Å². The van der Waals surface area contributed by atoms with E-state index in [1.165, 1.54) is 10.9 Å². The van der Waals surface area contributed by atoms with Crippen LogP contribution in [0, 0.1) is 0 Å². The lowest BCUT2D eigenvalue weighted by atomic mass is 10.3. The van der Waals surface area contributed by atoms with E-state index in [9.17, 15) is 13.2 Å². The number of alkyl halides is 3.